The van der Waals surface area contributed by atoms with Crippen molar-refractivity contribution in [3.8, 4) is 0 Å². The molecule has 1 aromatic carbocycles. The largest absolute Gasteiger partial charge is 0.384 e. The smallest absolute Gasteiger partial charge is 0.203 e. The van der Waals surface area contributed by atoms with E-state index >= 15 is 0 Å². The summed E-state index contributed by atoms with van der Waals surface area (Å²) in [5.41, 5.74) is 0.558. The Morgan fingerprint density at radius 2 is 1.90 bits per heavy atom. The van der Waals surface area contributed by atoms with Gasteiger partial charge < -0.3 is 5.11 Å². The molecule has 5 nitrogen and oxygen atoms in total. The number of aromatic nitrogens is 4. The zero-order valence-electron chi connectivity index (χ0n) is 11.7. The Morgan fingerprint density at radius 3 is 2.40 bits per heavy atom. The van der Waals surface area contributed by atoms with Crippen LogP contribution in [-0.2, 0) is 5.54 Å². The van der Waals surface area contributed by atoms with Crippen molar-refractivity contribution < 1.29 is 9.50 Å². The molecule has 106 valence electrons. The molecule has 0 aliphatic heterocycles. The van der Waals surface area contributed by atoms with Gasteiger partial charge in [-0.15, -0.1) is 10.2 Å². The van der Waals surface area contributed by atoms with Crippen LogP contribution in [0.1, 0.15) is 38.3 Å². The molecule has 0 spiro atoms. The molecule has 0 aliphatic rings. The van der Waals surface area contributed by atoms with Crippen molar-refractivity contribution in [1.82, 2.24) is 20.2 Å². The molecule has 0 fully saturated rings. The molecule has 2 aromatic rings. The SMILES string of the molecule is C=C(c1nnn(C(C)(C)C)n1)C(O)c1ccc(F)cc1. The lowest BCUT2D eigenvalue weighted by Gasteiger charge is -2.15. The van der Waals surface area contributed by atoms with E-state index in [0.717, 1.165) is 0 Å². The van der Waals surface area contributed by atoms with E-state index < -0.39 is 6.10 Å². The Bertz CT molecular complexity index is 613. The summed E-state index contributed by atoms with van der Waals surface area (Å²) in [7, 11) is 0. The second-order valence-corrected chi connectivity index (χ2v) is 5.55. The van der Waals surface area contributed by atoms with E-state index in [1.165, 1.54) is 29.1 Å². The molecular formula is C14H17FN4O. The second kappa shape index (κ2) is 5.13. The van der Waals surface area contributed by atoms with Gasteiger partial charge in [-0.2, -0.15) is 4.80 Å². The normalized spacial score (nSPS) is 13.2. The fourth-order valence-corrected chi connectivity index (χ4v) is 1.60. The molecule has 1 N–H and O–H groups in total. The Morgan fingerprint density at radius 1 is 1.30 bits per heavy atom. The second-order valence-electron chi connectivity index (χ2n) is 5.55. The molecular weight excluding hydrogens is 259 g/mol. The number of rotatable bonds is 3. The van der Waals surface area contributed by atoms with Crippen LogP contribution in [0.25, 0.3) is 5.57 Å². The quantitative estimate of drug-likeness (QED) is 0.934. The minimum Gasteiger partial charge on any atom is -0.384 e. The first-order valence-corrected chi connectivity index (χ1v) is 6.22. The third kappa shape index (κ3) is 2.91. The van der Waals surface area contributed by atoms with E-state index in [9.17, 15) is 9.50 Å². The van der Waals surface area contributed by atoms with Crippen molar-refractivity contribution in [2.45, 2.75) is 32.4 Å². The predicted molar refractivity (Wildman–Crippen MR) is 73.2 cm³/mol. The summed E-state index contributed by atoms with van der Waals surface area (Å²) >= 11 is 0. The first-order valence-electron chi connectivity index (χ1n) is 6.22. The fraction of sp³-hybridized carbons (Fsp3) is 0.357. The molecule has 0 amide bonds. The predicted octanol–water partition coefficient (Wildman–Crippen LogP) is 2.31. The number of nitrogens with zero attached hydrogens (tertiary/aromatic N) is 4. The number of hydrogen-bond donors (Lipinski definition) is 1. The summed E-state index contributed by atoms with van der Waals surface area (Å²) in [6.45, 7) is 9.62. The highest BCUT2D eigenvalue weighted by Crippen LogP contribution is 2.26. The van der Waals surface area contributed by atoms with Crippen molar-refractivity contribution in [2.75, 3.05) is 0 Å². The van der Waals surface area contributed by atoms with Gasteiger partial charge in [-0.1, -0.05) is 18.7 Å². The highest BCUT2D eigenvalue weighted by molar-refractivity contribution is 5.62. The maximum atomic E-state index is 12.9. The number of aliphatic hydroxyl groups is 1. The van der Waals surface area contributed by atoms with Gasteiger partial charge in [0.1, 0.15) is 11.9 Å². The molecule has 0 bridgehead atoms. The maximum absolute atomic E-state index is 12.9. The molecule has 6 heteroatoms. The van der Waals surface area contributed by atoms with Crippen LogP contribution < -0.4 is 0 Å². The van der Waals surface area contributed by atoms with Gasteiger partial charge in [0.15, 0.2) is 0 Å². The first-order chi connectivity index (χ1) is 9.29. The lowest BCUT2D eigenvalue weighted by Crippen LogP contribution is -2.24. The average molecular weight is 276 g/mol. The van der Waals surface area contributed by atoms with E-state index in [1.54, 1.807) is 0 Å². The van der Waals surface area contributed by atoms with E-state index in [2.05, 4.69) is 22.0 Å². The van der Waals surface area contributed by atoms with Crippen molar-refractivity contribution >= 4 is 5.57 Å². The minimum absolute atomic E-state index is 0.275. The third-order valence-electron chi connectivity index (χ3n) is 2.82. The molecule has 1 heterocycles. The van der Waals surface area contributed by atoms with E-state index in [4.69, 9.17) is 0 Å². The minimum atomic E-state index is -0.992. The highest BCUT2D eigenvalue weighted by atomic mass is 19.1. The van der Waals surface area contributed by atoms with Gasteiger partial charge in [-0.3, -0.25) is 0 Å². The Kier molecular flexibility index (Phi) is 3.67. The third-order valence-corrected chi connectivity index (χ3v) is 2.82. The summed E-state index contributed by atoms with van der Waals surface area (Å²) in [6, 6.07) is 5.56. The van der Waals surface area contributed by atoms with Crippen LogP contribution in [0.5, 0.6) is 0 Å². The van der Waals surface area contributed by atoms with Gasteiger partial charge >= 0.3 is 0 Å². The molecule has 1 unspecified atom stereocenters. The van der Waals surface area contributed by atoms with Crippen LogP contribution in [0.2, 0.25) is 0 Å². The summed E-state index contributed by atoms with van der Waals surface area (Å²) in [5.74, 6) is -0.0832. The molecule has 2 rings (SSSR count). The zero-order valence-corrected chi connectivity index (χ0v) is 11.7. The Balaban J connectivity index is 2.23. The molecule has 0 saturated heterocycles. The Hall–Kier alpha value is -2.08. The van der Waals surface area contributed by atoms with E-state index in [-0.39, 0.29) is 17.2 Å². The number of halogens is 1. The van der Waals surface area contributed by atoms with Crippen LogP contribution in [0.15, 0.2) is 30.8 Å². The van der Waals surface area contributed by atoms with Crippen LogP contribution >= 0.6 is 0 Å². The highest BCUT2D eigenvalue weighted by Gasteiger charge is 2.21. The summed E-state index contributed by atoms with van der Waals surface area (Å²) < 4.78 is 12.9. The standard InChI is InChI=1S/C14H17FN4O/c1-9(12(20)10-5-7-11(15)8-6-10)13-16-18-19(17-13)14(2,3)4/h5-8,12,20H,1H2,2-4H3. The molecule has 0 aliphatic carbocycles. The van der Waals surface area contributed by atoms with E-state index in [1.807, 2.05) is 20.8 Å². The van der Waals surface area contributed by atoms with Crippen LogP contribution in [0.3, 0.4) is 0 Å². The zero-order chi connectivity index (χ0) is 14.9. The van der Waals surface area contributed by atoms with Crippen LogP contribution in [-0.4, -0.2) is 25.3 Å². The Labute approximate surface area is 116 Å². The fourth-order valence-electron chi connectivity index (χ4n) is 1.60. The number of benzene rings is 1. The van der Waals surface area contributed by atoms with Gasteiger partial charge in [0.25, 0.3) is 0 Å². The van der Waals surface area contributed by atoms with Gasteiger partial charge in [0.05, 0.1) is 5.54 Å². The van der Waals surface area contributed by atoms with Gasteiger partial charge in [0, 0.05) is 5.57 Å². The molecule has 0 saturated carbocycles. The average Bonchev–Trinajstić information content (AvgIpc) is 2.87. The summed E-state index contributed by atoms with van der Waals surface area (Å²) in [5, 5.41) is 22.3. The van der Waals surface area contributed by atoms with Crippen LogP contribution in [0, 0.1) is 5.82 Å². The van der Waals surface area contributed by atoms with Crippen LogP contribution in [0.4, 0.5) is 4.39 Å². The van der Waals surface area contributed by atoms with Gasteiger partial charge in [-0.05, 0) is 43.7 Å². The van der Waals surface area contributed by atoms with Gasteiger partial charge in [0.2, 0.25) is 5.82 Å². The molecule has 1 aromatic heterocycles. The van der Waals surface area contributed by atoms with Crippen molar-refractivity contribution in [3.05, 3.63) is 48.0 Å². The number of aliphatic hydroxyl groups excluding tert-OH is 1. The van der Waals surface area contributed by atoms with Crippen molar-refractivity contribution in [2.24, 2.45) is 0 Å². The topological polar surface area (TPSA) is 63.8 Å². The van der Waals surface area contributed by atoms with Gasteiger partial charge in [-0.25, -0.2) is 4.39 Å². The van der Waals surface area contributed by atoms with Crippen molar-refractivity contribution in [1.29, 1.82) is 0 Å². The lowest BCUT2D eigenvalue weighted by molar-refractivity contribution is 0.237. The summed E-state index contributed by atoms with van der Waals surface area (Å²) in [4.78, 5) is 1.46. The first kappa shape index (κ1) is 14.3. The number of hydrogen-bond acceptors (Lipinski definition) is 4. The molecule has 0 radical (unpaired) electrons. The monoisotopic (exact) mass is 276 g/mol. The molecule has 1 atom stereocenters. The van der Waals surface area contributed by atoms with E-state index in [0.29, 0.717) is 11.1 Å². The number of tetrazole rings is 1. The maximum Gasteiger partial charge on any atom is 0.203 e. The molecule has 20 heavy (non-hydrogen) atoms. The lowest BCUT2D eigenvalue weighted by atomic mass is 10.0. The van der Waals surface area contributed by atoms with Crippen molar-refractivity contribution in [3.63, 3.8) is 0 Å². The summed E-state index contributed by atoms with van der Waals surface area (Å²) in [6.07, 6.45) is -0.992.